The van der Waals surface area contributed by atoms with Gasteiger partial charge in [0.15, 0.2) is 0 Å². The van der Waals surface area contributed by atoms with E-state index in [4.69, 9.17) is 0 Å². The van der Waals surface area contributed by atoms with Crippen molar-refractivity contribution in [3.05, 3.63) is 29.7 Å². The maximum absolute atomic E-state index is 3.55. The van der Waals surface area contributed by atoms with Crippen LogP contribution >= 0.6 is 0 Å². The van der Waals surface area contributed by atoms with E-state index in [9.17, 15) is 0 Å². The first-order chi connectivity index (χ1) is 8.86. The number of unbranched alkanes of at least 4 members (excludes halogenated alkanes) is 6. The molecule has 0 spiro atoms. The molecule has 3 radical (unpaired) electrons. The smallest absolute Gasteiger partial charge is 0.0164 e. The second kappa shape index (κ2) is 10.4. The second-order valence-corrected chi connectivity index (χ2v) is 5.39. The Labute approximate surface area is 115 Å². The lowest BCUT2D eigenvalue weighted by molar-refractivity contribution is 0.650. The van der Waals surface area contributed by atoms with Crippen LogP contribution in [0.4, 0.5) is 0 Å². The lowest BCUT2D eigenvalue weighted by Gasteiger charge is -2.13. The monoisotopic (exact) mass is 245 g/mol. The summed E-state index contributed by atoms with van der Waals surface area (Å²) in [4.78, 5) is 0. The summed E-state index contributed by atoms with van der Waals surface area (Å²) in [6.45, 7) is 4.53. The number of allylic oxidation sites excluding steroid dienone is 4. The Balaban J connectivity index is 2.14. The minimum atomic E-state index is 1.03. The van der Waals surface area contributed by atoms with E-state index in [1.165, 1.54) is 75.4 Å². The molecule has 0 N–H and O–H groups in total. The van der Waals surface area contributed by atoms with Crippen molar-refractivity contribution in [2.24, 2.45) is 0 Å². The zero-order valence-electron chi connectivity index (χ0n) is 12.4. The van der Waals surface area contributed by atoms with Crippen LogP contribution in [0.15, 0.2) is 17.2 Å². The van der Waals surface area contributed by atoms with Gasteiger partial charge < -0.3 is 0 Å². The SMILES string of the molecule is CCCCCCC1=[C]C=C(CCCCCC)[C]C1. The standard InChI is InChI=1S/C18H29/c1-3-5-7-9-11-17-13-15-18(16-14-17)12-10-8-6-4-2/h13H,3-12,16H2,1-2H3. The van der Waals surface area contributed by atoms with E-state index in [1.54, 1.807) is 0 Å². The fraction of sp³-hybridized carbons (Fsp3) is 0.722. The van der Waals surface area contributed by atoms with Crippen LogP contribution in [-0.4, -0.2) is 0 Å². The first kappa shape index (κ1) is 15.5. The zero-order valence-corrected chi connectivity index (χ0v) is 12.4. The van der Waals surface area contributed by atoms with E-state index in [2.05, 4.69) is 32.4 Å². The van der Waals surface area contributed by atoms with Gasteiger partial charge in [-0.15, -0.1) is 0 Å². The highest BCUT2D eigenvalue weighted by atomic mass is 14.1. The van der Waals surface area contributed by atoms with E-state index in [-0.39, 0.29) is 0 Å². The minimum absolute atomic E-state index is 1.03. The van der Waals surface area contributed by atoms with E-state index in [0.29, 0.717) is 0 Å². The van der Waals surface area contributed by atoms with Crippen LogP contribution in [0.1, 0.15) is 84.5 Å². The Bertz CT molecular complexity index is 229. The van der Waals surface area contributed by atoms with Gasteiger partial charge in [0, 0.05) is 6.42 Å². The Morgan fingerprint density at radius 3 is 2.11 bits per heavy atom. The molecule has 0 aromatic heterocycles. The van der Waals surface area contributed by atoms with Crippen molar-refractivity contribution in [1.29, 1.82) is 0 Å². The molecule has 101 valence electrons. The van der Waals surface area contributed by atoms with E-state index in [1.807, 2.05) is 0 Å². The molecule has 0 unspecified atom stereocenters. The van der Waals surface area contributed by atoms with Gasteiger partial charge in [-0.2, -0.15) is 0 Å². The molecule has 0 nitrogen and oxygen atoms in total. The van der Waals surface area contributed by atoms with Crippen LogP contribution in [0.25, 0.3) is 0 Å². The molecule has 18 heavy (non-hydrogen) atoms. The van der Waals surface area contributed by atoms with E-state index >= 15 is 0 Å². The number of rotatable bonds is 10. The predicted molar refractivity (Wildman–Crippen MR) is 80.2 cm³/mol. The third-order valence-corrected chi connectivity index (χ3v) is 3.61. The zero-order chi connectivity index (χ0) is 13.1. The average Bonchev–Trinajstić information content (AvgIpc) is 2.41. The summed E-state index contributed by atoms with van der Waals surface area (Å²) in [6, 6.07) is 0. The topological polar surface area (TPSA) is 0 Å². The van der Waals surface area contributed by atoms with Crippen LogP contribution in [0.2, 0.25) is 0 Å². The summed E-state index contributed by atoms with van der Waals surface area (Å²) in [5.74, 6) is 0. The summed E-state index contributed by atoms with van der Waals surface area (Å²) in [5, 5.41) is 0. The molecule has 0 fully saturated rings. The van der Waals surface area contributed by atoms with E-state index in [0.717, 1.165) is 6.42 Å². The fourth-order valence-electron chi connectivity index (χ4n) is 2.34. The Kier molecular flexibility index (Phi) is 8.98. The molecular weight excluding hydrogens is 216 g/mol. The van der Waals surface area contributed by atoms with Gasteiger partial charge in [0.1, 0.15) is 0 Å². The molecular formula is C18H29. The summed E-state index contributed by atoms with van der Waals surface area (Å²) in [7, 11) is 0. The van der Waals surface area contributed by atoms with Crippen molar-refractivity contribution in [3.63, 3.8) is 0 Å². The lowest BCUT2D eigenvalue weighted by Crippen LogP contribution is -1.96. The maximum Gasteiger partial charge on any atom is 0.0164 e. The van der Waals surface area contributed by atoms with Crippen LogP contribution in [-0.2, 0) is 0 Å². The highest BCUT2D eigenvalue weighted by Crippen LogP contribution is 2.24. The summed E-state index contributed by atoms with van der Waals surface area (Å²) >= 11 is 0. The molecule has 0 saturated heterocycles. The van der Waals surface area contributed by atoms with Gasteiger partial charge in [-0.1, -0.05) is 69.6 Å². The molecule has 0 aromatic carbocycles. The third-order valence-electron chi connectivity index (χ3n) is 3.61. The first-order valence-corrected chi connectivity index (χ1v) is 7.91. The van der Waals surface area contributed by atoms with E-state index < -0.39 is 0 Å². The third kappa shape index (κ3) is 7.03. The molecule has 0 bridgehead atoms. The Morgan fingerprint density at radius 2 is 1.56 bits per heavy atom. The highest BCUT2D eigenvalue weighted by molar-refractivity contribution is 5.27. The molecule has 1 rings (SSSR count). The molecule has 0 amide bonds. The molecule has 0 saturated carbocycles. The van der Waals surface area contributed by atoms with Crippen molar-refractivity contribution in [3.8, 4) is 0 Å². The van der Waals surface area contributed by atoms with Gasteiger partial charge in [0.05, 0.1) is 0 Å². The van der Waals surface area contributed by atoms with Crippen molar-refractivity contribution >= 4 is 0 Å². The molecule has 0 heterocycles. The largest absolute Gasteiger partial charge is 0.0654 e. The van der Waals surface area contributed by atoms with Crippen LogP contribution in [0.3, 0.4) is 0 Å². The maximum atomic E-state index is 3.55. The Morgan fingerprint density at radius 1 is 0.889 bits per heavy atom. The van der Waals surface area contributed by atoms with Crippen LogP contribution in [0, 0.1) is 12.5 Å². The Hall–Kier alpha value is -0.520. The van der Waals surface area contributed by atoms with Gasteiger partial charge in [-0.25, -0.2) is 0 Å². The van der Waals surface area contributed by atoms with Gasteiger partial charge in [-0.3, -0.25) is 0 Å². The van der Waals surface area contributed by atoms with Crippen LogP contribution in [0.5, 0.6) is 0 Å². The van der Waals surface area contributed by atoms with Gasteiger partial charge in [0.25, 0.3) is 0 Å². The average molecular weight is 245 g/mol. The van der Waals surface area contributed by atoms with Crippen molar-refractivity contribution in [2.75, 3.05) is 0 Å². The molecule has 0 aromatic rings. The second-order valence-electron chi connectivity index (χ2n) is 5.39. The number of hydrogen-bond acceptors (Lipinski definition) is 0. The fourth-order valence-corrected chi connectivity index (χ4v) is 2.34. The predicted octanol–water partition coefficient (Wildman–Crippen LogP) is 6.07. The normalized spacial score (nSPS) is 15.4. The summed E-state index contributed by atoms with van der Waals surface area (Å²) < 4.78 is 0. The summed E-state index contributed by atoms with van der Waals surface area (Å²) in [5.41, 5.74) is 2.85. The van der Waals surface area contributed by atoms with Gasteiger partial charge >= 0.3 is 0 Å². The van der Waals surface area contributed by atoms with Crippen molar-refractivity contribution in [1.82, 2.24) is 0 Å². The quantitative estimate of drug-likeness (QED) is 0.410. The van der Waals surface area contributed by atoms with Gasteiger partial charge in [0.2, 0.25) is 0 Å². The summed E-state index contributed by atoms with van der Waals surface area (Å²) in [6.07, 6.45) is 23.5. The highest BCUT2D eigenvalue weighted by Gasteiger charge is 2.07. The van der Waals surface area contributed by atoms with Crippen LogP contribution < -0.4 is 0 Å². The minimum Gasteiger partial charge on any atom is -0.0654 e. The molecule has 1 aliphatic carbocycles. The molecule has 0 aliphatic heterocycles. The van der Waals surface area contributed by atoms with Crippen molar-refractivity contribution in [2.45, 2.75) is 84.5 Å². The van der Waals surface area contributed by atoms with Crippen molar-refractivity contribution < 1.29 is 0 Å². The van der Waals surface area contributed by atoms with Gasteiger partial charge in [-0.05, 0) is 38.2 Å². The molecule has 1 aliphatic rings. The molecule has 0 atom stereocenters. The molecule has 0 heteroatoms. The number of hydrogen-bond donors (Lipinski definition) is 0. The first-order valence-electron chi connectivity index (χ1n) is 7.91. The lowest BCUT2D eigenvalue weighted by atomic mass is 9.92.